The third-order valence-electron chi connectivity index (χ3n) is 1.10. The second-order valence-electron chi connectivity index (χ2n) is 2.15. The Morgan fingerprint density at radius 1 is 1.36 bits per heavy atom. The molecular formula is C9H11NO4. The summed E-state index contributed by atoms with van der Waals surface area (Å²) in [4.78, 5) is 32.2. The molecule has 0 spiro atoms. The maximum Gasteiger partial charge on any atom is 0.414 e. The highest BCUT2D eigenvalue weighted by atomic mass is 16.5. The van der Waals surface area contributed by atoms with E-state index in [9.17, 15) is 14.4 Å². The van der Waals surface area contributed by atoms with Crippen molar-refractivity contribution in [1.29, 1.82) is 0 Å². The van der Waals surface area contributed by atoms with Gasteiger partial charge in [0.15, 0.2) is 5.78 Å². The lowest BCUT2D eigenvalue weighted by Gasteiger charge is -1.99. The number of hydrogen-bond donors (Lipinski definition) is 1. The highest BCUT2D eigenvalue weighted by Crippen LogP contribution is 1.81. The highest BCUT2D eigenvalue weighted by Gasteiger charge is 2.03. The third kappa shape index (κ3) is 5.70. The van der Waals surface area contributed by atoms with Crippen LogP contribution >= 0.6 is 0 Å². The Labute approximate surface area is 81.4 Å². The quantitative estimate of drug-likeness (QED) is 0.669. The fourth-order valence-electron chi connectivity index (χ4n) is 0.535. The van der Waals surface area contributed by atoms with Crippen LogP contribution < -0.4 is 5.32 Å². The summed E-state index contributed by atoms with van der Waals surface area (Å²) in [5, 5.41) is 1.89. The number of carbonyl (C=O) groups is 3. The summed E-state index contributed by atoms with van der Waals surface area (Å²) in [6.07, 6.45) is 2.14. The van der Waals surface area contributed by atoms with Gasteiger partial charge in [-0.2, -0.15) is 0 Å². The van der Waals surface area contributed by atoms with Crippen LogP contribution in [-0.2, 0) is 14.3 Å². The minimum absolute atomic E-state index is 0.175. The van der Waals surface area contributed by atoms with Gasteiger partial charge in [0.2, 0.25) is 0 Å². The molecule has 0 saturated heterocycles. The minimum atomic E-state index is -0.840. The van der Waals surface area contributed by atoms with Gasteiger partial charge >= 0.3 is 6.09 Å². The Morgan fingerprint density at radius 3 is 2.50 bits per heavy atom. The molecule has 1 N–H and O–H groups in total. The van der Waals surface area contributed by atoms with Gasteiger partial charge in [0, 0.05) is 6.08 Å². The first kappa shape index (κ1) is 12.1. The van der Waals surface area contributed by atoms with Gasteiger partial charge in [-0.15, -0.1) is 0 Å². The van der Waals surface area contributed by atoms with E-state index in [4.69, 9.17) is 0 Å². The van der Waals surface area contributed by atoms with Crippen molar-refractivity contribution in [2.24, 2.45) is 0 Å². The SMILES string of the molecule is C=CC(=O)C=CC(=O)NC(=O)OCC. The van der Waals surface area contributed by atoms with Crippen molar-refractivity contribution in [3.05, 3.63) is 24.8 Å². The smallest absolute Gasteiger partial charge is 0.414 e. The molecule has 0 unspecified atom stereocenters. The summed E-state index contributed by atoms with van der Waals surface area (Å²) in [5.74, 6) is -1.12. The molecule has 0 aromatic heterocycles. The lowest BCUT2D eigenvalue weighted by molar-refractivity contribution is -0.116. The number of amides is 2. The van der Waals surface area contributed by atoms with Crippen molar-refractivity contribution in [2.75, 3.05) is 6.61 Å². The van der Waals surface area contributed by atoms with Gasteiger partial charge in [0.1, 0.15) is 0 Å². The number of ether oxygens (including phenoxy) is 1. The average Bonchev–Trinajstić information content (AvgIpc) is 2.14. The van der Waals surface area contributed by atoms with Crippen molar-refractivity contribution in [1.82, 2.24) is 5.32 Å². The molecule has 0 aromatic carbocycles. The molecule has 0 rings (SSSR count). The Bertz CT molecular complexity index is 281. The summed E-state index contributed by atoms with van der Waals surface area (Å²) in [7, 11) is 0. The van der Waals surface area contributed by atoms with Crippen LogP contribution in [0.1, 0.15) is 6.92 Å². The molecule has 2 amide bonds. The van der Waals surface area contributed by atoms with E-state index in [1.807, 2.05) is 5.32 Å². The van der Waals surface area contributed by atoms with E-state index in [1.165, 1.54) is 0 Å². The number of ketones is 1. The number of nitrogens with one attached hydrogen (secondary N) is 1. The number of allylic oxidation sites excluding steroid dienone is 2. The first-order chi connectivity index (χ1) is 6.60. The Kier molecular flexibility index (Phi) is 5.69. The van der Waals surface area contributed by atoms with Crippen molar-refractivity contribution in [3.8, 4) is 0 Å². The van der Waals surface area contributed by atoms with Crippen LogP contribution in [0.3, 0.4) is 0 Å². The topological polar surface area (TPSA) is 72.5 Å². The molecule has 0 saturated carbocycles. The molecule has 0 atom stereocenters. The molecule has 0 aliphatic heterocycles. The van der Waals surface area contributed by atoms with E-state index >= 15 is 0 Å². The Balaban J connectivity index is 3.98. The number of imide groups is 1. The van der Waals surface area contributed by atoms with Crippen LogP contribution in [0.25, 0.3) is 0 Å². The van der Waals surface area contributed by atoms with Crippen molar-refractivity contribution in [2.45, 2.75) is 6.92 Å². The van der Waals surface area contributed by atoms with Crippen molar-refractivity contribution < 1.29 is 19.1 Å². The van der Waals surface area contributed by atoms with E-state index in [1.54, 1.807) is 6.92 Å². The molecule has 0 aliphatic carbocycles. The molecular weight excluding hydrogens is 186 g/mol. The first-order valence-corrected chi connectivity index (χ1v) is 3.92. The van der Waals surface area contributed by atoms with Gasteiger partial charge in [0.05, 0.1) is 6.61 Å². The fourth-order valence-corrected chi connectivity index (χ4v) is 0.535. The van der Waals surface area contributed by atoms with Gasteiger partial charge in [-0.05, 0) is 19.1 Å². The second kappa shape index (κ2) is 6.59. The van der Waals surface area contributed by atoms with Crippen LogP contribution in [0.2, 0.25) is 0 Å². The molecule has 0 aliphatic rings. The molecule has 0 radical (unpaired) electrons. The van der Waals surface area contributed by atoms with Gasteiger partial charge in [-0.25, -0.2) is 4.79 Å². The zero-order valence-corrected chi connectivity index (χ0v) is 7.78. The maximum absolute atomic E-state index is 10.9. The monoisotopic (exact) mass is 197 g/mol. The van der Waals surface area contributed by atoms with Gasteiger partial charge in [0.25, 0.3) is 5.91 Å². The van der Waals surface area contributed by atoms with E-state index in [-0.39, 0.29) is 6.61 Å². The molecule has 5 nitrogen and oxygen atoms in total. The van der Waals surface area contributed by atoms with Gasteiger partial charge < -0.3 is 4.74 Å². The van der Waals surface area contributed by atoms with Crippen LogP contribution in [0.15, 0.2) is 24.8 Å². The van der Waals surface area contributed by atoms with Gasteiger partial charge in [-0.3, -0.25) is 14.9 Å². The standard InChI is InChI=1S/C9H11NO4/c1-3-7(11)5-6-8(12)10-9(13)14-4-2/h3,5-6H,1,4H2,2H3,(H,10,12,13). The van der Waals surface area contributed by atoms with E-state index in [0.29, 0.717) is 0 Å². The van der Waals surface area contributed by atoms with E-state index in [0.717, 1.165) is 18.2 Å². The molecule has 0 heterocycles. The molecule has 76 valence electrons. The third-order valence-corrected chi connectivity index (χ3v) is 1.10. The van der Waals surface area contributed by atoms with Crippen LogP contribution in [-0.4, -0.2) is 24.4 Å². The fraction of sp³-hybridized carbons (Fsp3) is 0.222. The molecule has 5 heteroatoms. The summed E-state index contributed by atoms with van der Waals surface area (Å²) in [5.41, 5.74) is 0. The largest absolute Gasteiger partial charge is 0.450 e. The predicted molar refractivity (Wildman–Crippen MR) is 49.5 cm³/mol. The number of alkyl carbamates (subject to hydrolysis) is 1. The number of carbonyl (C=O) groups excluding carboxylic acids is 3. The van der Waals surface area contributed by atoms with E-state index in [2.05, 4.69) is 11.3 Å². The van der Waals surface area contributed by atoms with Crippen molar-refractivity contribution >= 4 is 17.8 Å². The van der Waals surface area contributed by atoms with Gasteiger partial charge in [-0.1, -0.05) is 6.58 Å². The lowest BCUT2D eigenvalue weighted by atomic mass is 10.3. The van der Waals surface area contributed by atoms with Crippen LogP contribution in [0.4, 0.5) is 4.79 Å². The van der Waals surface area contributed by atoms with E-state index < -0.39 is 17.8 Å². The predicted octanol–water partition coefficient (Wildman–Crippen LogP) is 0.570. The van der Waals surface area contributed by atoms with Crippen LogP contribution in [0, 0.1) is 0 Å². The maximum atomic E-state index is 10.9. The van der Waals surface area contributed by atoms with Crippen molar-refractivity contribution in [3.63, 3.8) is 0 Å². The Morgan fingerprint density at radius 2 is 2.00 bits per heavy atom. The number of hydrogen-bond acceptors (Lipinski definition) is 4. The summed E-state index contributed by atoms with van der Waals surface area (Å²) in [6.45, 7) is 4.99. The molecule has 0 bridgehead atoms. The summed E-state index contributed by atoms with van der Waals surface area (Å²) in [6, 6.07) is 0. The Hall–Kier alpha value is -1.91. The zero-order chi connectivity index (χ0) is 11.0. The number of rotatable bonds is 4. The molecule has 0 aromatic rings. The average molecular weight is 197 g/mol. The highest BCUT2D eigenvalue weighted by molar-refractivity contribution is 6.05. The summed E-state index contributed by atoms with van der Waals surface area (Å²) < 4.78 is 4.44. The zero-order valence-electron chi connectivity index (χ0n) is 7.78. The first-order valence-electron chi connectivity index (χ1n) is 3.92. The minimum Gasteiger partial charge on any atom is -0.450 e. The molecule has 0 fully saturated rings. The normalized spacial score (nSPS) is 9.50. The van der Waals surface area contributed by atoms with Crippen LogP contribution in [0.5, 0.6) is 0 Å². The summed E-state index contributed by atoms with van der Waals surface area (Å²) >= 11 is 0. The second-order valence-corrected chi connectivity index (χ2v) is 2.15. The molecule has 14 heavy (non-hydrogen) atoms. The lowest BCUT2D eigenvalue weighted by Crippen LogP contribution is -2.29.